The smallest absolute Gasteiger partial charge is 0.243 e. The van der Waals surface area contributed by atoms with Gasteiger partial charge >= 0.3 is 0 Å². The van der Waals surface area contributed by atoms with Gasteiger partial charge in [0.05, 0.1) is 17.0 Å². The lowest BCUT2D eigenvalue weighted by Crippen LogP contribution is -2.61. The first kappa shape index (κ1) is 23.5. The van der Waals surface area contributed by atoms with Crippen LogP contribution in [-0.4, -0.2) is 55.4 Å². The van der Waals surface area contributed by atoms with Gasteiger partial charge < -0.3 is 9.64 Å². The predicted molar refractivity (Wildman–Crippen MR) is 130 cm³/mol. The summed E-state index contributed by atoms with van der Waals surface area (Å²) in [6.45, 7) is 2.65. The minimum Gasteiger partial charge on any atom is -0.495 e. The summed E-state index contributed by atoms with van der Waals surface area (Å²) in [5.41, 5.74) is 1.07. The second kappa shape index (κ2) is 9.07. The molecule has 0 saturated carbocycles. The maximum absolute atomic E-state index is 13.1. The van der Waals surface area contributed by atoms with Crippen LogP contribution in [0.5, 0.6) is 5.75 Å². The van der Waals surface area contributed by atoms with Crippen LogP contribution in [0.2, 0.25) is 5.02 Å². The quantitative estimate of drug-likeness (QED) is 0.482. The number of benzene rings is 2. The van der Waals surface area contributed by atoms with Crippen LogP contribution in [0, 0.1) is 11.2 Å². The number of anilines is 1. The largest absolute Gasteiger partial charge is 0.495 e. The predicted octanol–water partition coefficient (Wildman–Crippen LogP) is 4.22. The number of hydrogen-bond acceptors (Lipinski definition) is 7. The fourth-order valence-electron chi connectivity index (χ4n) is 4.60. The average molecular weight is 523 g/mol. The Morgan fingerprint density at radius 2 is 1.85 bits per heavy atom. The SMILES string of the molecule is COc1ccc(S(=O)(=O)N2CCC3(CC2)CN(c2nc(Cc4ccc(F)cc4)ns2)C3)cc1Cl. The van der Waals surface area contributed by atoms with Gasteiger partial charge in [-0.2, -0.15) is 8.68 Å². The highest BCUT2D eigenvalue weighted by atomic mass is 35.5. The van der Waals surface area contributed by atoms with E-state index in [-0.39, 0.29) is 21.2 Å². The van der Waals surface area contributed by atoms with E-state index in [1.165, 1.54) is 42.9 Å². The van der Waals surface area contributed by atoms with E-state index >= 15 is 0 Å². The maximum atomic E-state index is 13.1. The first-order valence-corrected chi connectivity index (χ1v) is 13.5. The average Bonchev–Trinajstić information content (AvgIpc) is 3.27. The van der Waals surface area contributed by atoms with Gasteiger partial charge in [-0.1, -0.05) is 23.7 Å². The van der Waals surface area contributed by atoms with Crippen molar-refractivity contribution in [1.82, 2.24) is 13.7 Å². The molecule has 0 radical (unpaired) electrons. The third-order valence-corrected chi connectivity index (χ3v) is 9.60. The van der Waals surface area contributed by atoms with Crippen molar-refractivity contribution in [1.29, 1.82) is 0 Å². The van der Waals surface area contributed by atoms with Gasteiger partial charge in [0.25, 0.3) is 0 Å². The molecule has 180 valence electrons. The number of halogens is 2. The van der Waals surface area contributed by atoms with Crippen LogP contribution in [-0.2, 0) is 16.4 Å². The molecule has 0 atom stereocenters. The summed E-state index contributed by atoms with van der Waals surface area (Å²) < 4.78 is 50.4. The van der Waals surface area contributed by atoms with E-state index in [0.717, 1.165) is 42.5 Å². The van der Waals surface area contributed by atoms with Crippen molar-refractivity contribution in [2.75, 3.05) is 38.2 Å². The Morgan fingerprint density at radius 3 is 2.50 bits per heavy atom. The molecule has 2 aliphatic heterocycles. The van der Waals surface area contributed by atoms with Crippen LogP contribution in [0.15, 0.2) is 47.4 Å². The highest BCUT2D eigenvalue weighted by Crippen LogP contribution is 2.44. The molecule has 11 heteroatoms. The van der Waals surface area contributed by atoms with E-state index in [1.54, 1.807) is 22.5 Å². The van der Waals surface area contributed by atoms with Crippen molar-refractivity contribution in [3.05, 3.63) is 64.7 Å². The summed E-state index contributed by atoms with van der Waals surface area (Å²) in [5.74, 6) is 0.921. The molecule has 3 heterocycles. The van der Waals surface area contributed by atoms with Crippen molar-refractivity contribution in [2.45, 2.75) is 24.2 Å². The first-order valence-electron chi connectivity index (χ1n) is 10.9. The molecular formula is C23H24ClFN4O3S2. The van der Waals surface area contributed by atoms with E-state index in [4.69, 9.17) is 16.3 Å². The molecule has 34 heavy (non-hydrogen) atoms. The fourth-order valence-corrected chi connectivity index (χ4v) is 7.08. The highest BCUT2D eigenvalue weighted by Gasteiger charge is 2.47. The number of ether oxygens (including phenoxy) is 1. The van der Waals surface area contributed by atoms with Crippen molar-refractivity contribution in [2.24, 2.45) is 5.41 Å². The standard InChI is InChI=1S/C23H24ClFN4O3S2/c1-32-20-7-6-18(13-19(20)24)34(30,31)29-10-8-23(9-11-29)14-28(15-23)22-26-21(27-33-22)12-16-2-4-17(25)5-3-16/h2-7,13H,8-12,14-15H2,1H3. The summed E-state index contributed by atoms with van der Waals surface area (Å²) in [6.07, 6.45) is 2.17. The van der Waals surface area contributed by atoms with Gasteiger partial charge in [0.1, 0.15) is 17.4 Å². The van der Waals surface area contributed by atoms with Gasteiger partial charge in [-0.3, -0.25) is 0 Å². The molecule has 1 aromatic heterocycles. The number of nitrogens with zero attached hydrogens (tertiary/aromatic N) is 4. The molecule has 2 fully saturated rings. The summed E-state index contributed by atoms with van der Waals surface area (Å²) in [5, 5.41) is 1.16. The normalized spacial score (nSPS) is 18.1. The van der Waals surface area contributed by atoms with Crippen LogP contribution >= 0.6 is 23.1 Å². The van der Waals surface area contributed by atoms with E-state index in [1.807, 2.05) is 0 Å². The van der Waals surface area contributed by atoms with Gasteiger partial charge in [-0.05, 0) is 48.7 Å². The number of rotatable bonds is 6. The molecule has 2 aliphatic rings. The zero-order chi connectivity index (χ0) is 23.9. The van der Waals surface area contributed by atoms with Crippen LogP contribution in [0.25, 0.3) is 0 Å². The maximum Gasteiger partial charge on any atom is 0.243 e. The highest BCUT2D eigenvalue weighted by molar-refractivity contribution is 7.89. The summed E-state index contributed by atoms with van der Waals surface area (Å²) in [6, 6.07) is 10.9. The Kier molecular flexibility index (Phi) is 6.26. The van der Waals surface area contributed by atoms with Crippen molar-refractivity contribution in [3.63, 3.8) is 0 Å². The van der Waals surface area contributed by atoms with E-state index < -0.39 is 10.0 Å². The lowest BCUT2D eigenvalue weighted by molar-refractivity contribution is 0.114. The lowest BCUT2D eigenvalue weighted by atomic mass is 9.73. The third kappa shape index (κ3) is 4.51. The molecule has 0 aliphatic carbocycles. The Morgan fingerprint density at radius 1 is 1.15 bits per heavy atom. The Labute approximate surface area is 207 Å². The monoisotopic (exact) mass is 522 g/mol. The zero-order valence-electron chi connectivity index (χ0n) is 18.6. The van der Waals surface area contributed by atoms with Gasteiger partial charge in [-0.15, -0.1) is 0 Å². The molecule has 2 saturated heterocycles. The van der Waals surface area contributed by atoms with Crippen molar-refractivity contribution >= 4 is 38.3 Å². The summed E-state index contributed by atoms with van der Waals surface area (Å²) in [7, 11) is -2.11. The van der Waals surface area contributed by atoms with Crippen molar-refractivity contribution < 1.29 is 17.5 Å². The zero-order valence-corrected chi connectivity index (χ0v) is 21.0. The number of methoxy groups -OCH3 is 1. The number of piperidine rings is 1. The minimum atomic E-state index is -3.60. The second-order valence-electron chi connectivity index (χ2n) is 8.85. The number of hydrogen-bond donors (Lipinski definition) is 0. The molecule has 5 rings (SSSR count). The number of aromatic nitrogens is 2. The molecule has 0 bridgehead atoms. The van der Waals surface area contributed by atoms with Gasteiger partial charge in [0.15, 0.2) is 0 Å². The second-order valence-corrected chi connectivity index (χ2v) is 11.9. The first-order chi connectivity index (χ1) is 16.3. The topological polar surface area (TPSA) is 75.6 Å². The molecule has 7 nitrogen and oxygen atoms in total. The van der Waals surface area contributed by atoms with Crippen LogP contribution in [0.1, 0.15) is 24.2 Å². The van der Waals surface area contributed by atoms with Crippen LogP contribution < -0.4 is 9.64 Å². The van der Waals surface area contributed by atoms with E-state index in [9.17, 15) is 12.8 Å². The molecule has 1 spiro atoms. The van der Waals surface area contributed by atoms with E-state index in [0.29, 0.717) is 25.3 Å². The minimum absolute atomic E-state index is 0.104. The van der Waals surface area contributed by atoms with E-state index in [2.05, 4.69) is 14.3 Å². The molecule has 0 unspecified atom stereocenters. The molecule has 0 N–H and O–H groups in total. The summed E-state index contributed by atoms with van der Waals surface area (Å²) in [4.78, 5) is 7.05. The van der Waals surface area contributed by atoms with Gasteiger partial charge in [0, 0.05) is 49.5 Å². The lowest BCUT2D eigenvalue weighted by Gasteiger charge is -2.53. The molecule has 0 amide bonds. The molecular weight excluding hydrogens is 499 g/mol. The Hall–Kier alpha value is -2.27. The fraction of sp³-hybridized carbons (Fsp3) is 0.391. The summed E-state index contributed by atoms with van der Waals surface area (Å²) >= 11 is 7.51. The van der Waals surface area contributed by atoms with Crippen LogP contribution in [0.3, 0.4) is 0 Å². The van der Waals surface area contributed by atoms with Gasteiger partial charge in [0.2, 0.25) is 15.2 Å². The third-order valence-electron chi connectivity index (χ3n) is 6.60. The Balaban J connectivity index is 1.18. The van der Waals surface area contributed by atoms with Crippen LogP contribution in [0.4, 0.5) is 9.52 Å². The molecule has 3 aromatic rings. The Bertz CT molecular complexity index is 1280. The van der Waals surface area contributed by atoms with Crippen molar-refractivity contribution in [3.8, 4) is 5.75 Å². The number of sulfonamides is 1. The van der Waals surface area contributed by atoms with Gasteiger partial charge in [-0.25, -0.2) is 17.8 Å². The molecule has 2 aromatic carbocycles.